The normalized spacial score (nSPS) is 9.94. The smallest absolute Gasteiger partial charge is 0.325 e. The summed E-state index contributed by atoms with van der Waals surface area (Å²) < 4.78 is 5.37. The van der Waals surface area contributed by atoms with Crippen LogP contribution in [0.25, 0.3) is 0 Å². The van der Waals surface area contributed by atoms with Crippen molar-refractivity contribution in [2.24, 2.45) is 0 Å². The van der Waals surface area contributed by atoms with Crippen molar-refractivity contribution < 1.29 is 14.3 Å². The minimum absolute atomic E-state index is 0.184. The first kappa shape index (κ1) is 13.3. The van der Waals surface area contributed by atoms with Gasteiger partial charge in [-0.2, -0.15) is 0 Å². The van der Waals surface area contributed by atoms with Crippen LogP contribution in [0.15, 0.2) is 6.07 Å². The molecule has 1 rings (SSSR count). The highest BCUT2D eigenvalue weighted by atomic mass is 35.5. The average molecular weight is 282 g/mol. The lowest BCUT2D eigenvalue weighted by Gasteiger charge is -2.03. The third-order valence-corrected chi connectivity index (χ3v) is 3.09. The number of carbonyl (C=O) groups is 2. The molecule has 0 spiro atoms. The summed E-state index contributed by atoms with van der Waals surface area (Å²) in [5.41, 5.74) is 0.265. The SMILES string of the molecule is CCOC(=O)CNC(=O)c1cc(Cl)sc1Cl. The first-order valence-electron chi connectivity index (χ1n) is 4.43. The molecule has 0 atom stereocenters. The fourth-order valence-electron chi connectivity index (χ4n) is 0.955. The number of nitrogens with one attached hydrogen (secondary N) is 1. The van der Waals surface area contributed by atoms with E-state index in [0.717, 1.165) is 11.3 Å². The molecular formula is C9H9Cl2NO3S. The molecular weight excluding hydrogens is 273 g/mol. The van der Waals surface area contributed by atoms with Crippen LogP contribution in [0.1, 0.15) is 17.3 Å². The van der Waals surface area contributed by atoms with Gasteiger partial charge < -0.3 is 10.1 Å². The molecule has 7 heteroatoms. The molecule has 0 aromatic carbocycles. The number of hydrogen-bond acceptors (Lipinski definition) is 4. The Hall–Kier alpha value is -0.780. The second kappa shape index (κ2) is 6.08. The van der Waals surface area contributed by atoms with Crippen LogP contribution in [0.3, 0.4) is 0 Å². The topological polar surface area (TPSA) is 55.4 Å². The van der Waals surface area contributed by atoms with Crippen LogP contribution in [0, 0.1) is 0 Å². The predicted octanol–water partition coefficient (Wildman–Crippen LogP) is 2.35. The standard InChI is InChI=1S/C9H9Cl2NO3S/c1-2-15-7(13)4-12-9(14)5-3-6(10)16-8(5)11/h3H,2,4H2,1H3,(H,12,14). The van der Waals surface area contributed by atoms with Gasteiger partial charge in [0.2, 0.25) is 0 Å². The number of thiophene rings is 1. The number of carbonyl (C=O) groups excluding carboxylic acids is 2. The fraction of sp³-hybridized carbons (Fsp3) is 0.333. The van der Waals surface area contributed by atoms with Gasteiger partial charge in [-0.05, 0) is 13.0 Å². The molecule has 0 bridgehead atoms. The molecule has 1 N–H and O–H groups in total. The van der Waals surface area contributed by atoms with Gasteiger partial charge in [-0.15, -0.1) is 11.3 Å². The minimum Gasteiger partial charge on any atom is -0.465 e. The zero-order chi connectivity index (χ0) is 12.1. The van der Waals surface area contributed by atoms with E-state index < -0.39 is 11.9 Å². The van der Waals surface area contributed by atoms with Crippen molar-refractivity contribution in [3.8, 4) is 0 Å². The van der Waals surface area contributed by atoms with Crippen LogP contribution in [-0.2, 0) is 9.53 Å². The Morgan fingerprint density at radius 1 is 1.50 bits per heavy atom. The maximum absolute atomic E-state index is 11.5. The summed E-state index contributed by atoms with van der Waals surface area (Å²) in [4.78, 5) is 22.5. The van der Waals surface area contributed by atoms with E-state index in [9.17, 15) is 9.59 Å². The molecule has 0 aliphatic carbocycles. The Balaban J connectivity index is 2.53. The number of rotatable bonds is 4. The number of hydrogen-bond donors (Lipinski definition) is 1. The number of ether oxygens (including phenoxy) is 1. The lowest BCUT2D eigenvalue weighted by Crippen LogP contribution is -2.30. The molecule has 1 aromatic heterocycles. The number of halogens is 2. The van der Waals surface area contributed by atoms with Gasteiger partial charge in [0.25, 0.3) is 5.91 Å². The van der Waals surface area contributed by atoms with E-state index in [0.29, 0.717) is 8.67 Å². The Bertz CT molecular complexity index is 405. The fourth-order valence-corrected chi connectivity index (χ4v) is 2.41. The maximum atomic E-state index is 11.5. The van der Waals surface area contributed by atoms with Crippen LogP contribution in [0.4, 0.5) is 0 Å². The lowest BCUT2D eigenvalue weighted by molar-refractivity contribution is -0.141. The molecule has 0 fully saturated rings. The Labute approximate surface area is 106 Å². The summed E-state index contributed by atoms with van der Waals surface area (Å²) in [6, 6.07) is 1.45. The minimum atomic E-state index is -0.492. The number of esters is 1. The van der Waals surface area contributed by atoms with E-state index in [1.165, 1.54) is 6.07 Å². The zero-order valence-corrected chi connectivity index (χ0v) is 10.7. The highest BCUT2D eigenvalue weighted by Crippen LogP contribution is 2.30. The van der Waals surface area contributed by atoms with Gasteiger partial charge in [0.1, 0.15) is 10.9 Å². The summed E-state index contributed by atoms with van der Waals surface area (Å²) in [6.07, 6.45) is 0. The van der Waals surface area contributed by atoms with Crippen molar-refractivity contribution in [1.29, 1.82) is 0 Å². The molecule has 0 aliphatic heterocycles. The third-order valence-electron chi connectivity index (χ3n) is 1.60. The van der Waals surface area contributed by atoms with Crippen LogP contribution in [-0.4, -0.2) is 25.0 Å². The van der Waals surface area contributed by atoms with Crippen LogP contribution in [0.2, 0.25) is 8.67 Å². The quantitative estimate of drug-likeness (QED) is 0.862. The van der Waals surface area contributed by atoms with Crippen LogP contribution >= 0.6 is 34.5 Å². The molecule has 88 valence electrons. The largest absolute Gasteiger partial charge is 0.465 e. The van der Waals surface area contributed by atoms with Crippen molar-refractivity contribution in [2.45, 2.75) is 6.92 Å². The second-order valence-electron chi connectivity index (χ2n) is 2.73. The van der Waals surface area contributed by atoms with Gasteiger partial charge in [-0.3, -0.25) is 9.59 Å². The Morgan fingerprint density at radius 3 is 2.69 bits per heavy atom. The van der Waals surface area contributed by atoms with Crippen LogP contribution in [0.5, 0.6) is 0 Å². The second-order valence-corrected chi connectivity index (χ2v) is 5.01. The van der Waals surface area contributed by atoms with Crippen molar-refractivity contribution in [1.82, 2.24) is 5.32 Å². The van der Waals surface area contributed by atoms with E-state index in [2.05, 4.69) is 10.1 Å². The number of amides is 1. The van der Waals surface area contributed by atoms with Gasteiger partial charge in [0, 0.05) is 0 Å². The Morgan fingerprint density at radius 2 is 2.19 bits per heavy atom. The summed E-state index contributed by atoms with van der Waals surface area (Å²) in [7, 11) is 0. The molecule has 1 aromatic rings. The van der Waals surface area contributed by atoms with Gasteiger partial charge in [0.15, 0.2) is 0 Å². The van der Waals surface area contributed by atoms with E-state index in [1.807, 2.05) is 0 Å². The Kier molecular flexibility index (Phi) is 5.05. The maximum Gasteiger partial charge on any atom is 0.325 e. The average Bonchev–Trinajstić information content (AvgIpc) is 2.55. The molecule has 4 nitrogen and oxygen atoms in total. The van der Waals surface area contributed by atoms with Gasteiger partial charge >= 0.3 is 5.97 Å². The first-order valence-corrected chi connectivity index (χ1v) is 6.00. The molecule has 0 radical (unpaired) electrons. The molecule has 0 aliphatic rings. The zero-order valence-electron chi connectivity index (χ0n) is 8.38. The predicted molar refractivity (Wildman–Crippen MR) is 63.3 cm³/mol. The van der Waals surface area contributed by atoms with Crippen molar-refractivity contribution >= 4 is 46.4 Å². The summed E-state index contributed by atoms with van der Waals surface area (Å²) in [5.74, 6) is -0.936. The third kappa shape index (κ3) is 3.66. The van der Waals surface area contributed by atoms with Crippen molar-refractivity contribution in [3.63, 3.8) is 0 Å². The van der Waals surface area contributed by atoms with Crippen molar-refractivity contribution in [3.05, 3.63) is 20.3 Å². The highest BCUT2D eigenvalue weighted by molar-refractivity contribution is 7.20. The van der Waals surface area contributed by atoms with E-state index in [-0.39, 0.29) is 18.7 Å². The first-order chi connectivity index (χ1) is 7.54. The molecule has 0 saturated heterocycles. The molecule has 0 unspecified atom stereocenters. The van der Waals surface area contributed by atoms with Gasteiger partial charge in [-0.1, -0.05) is 23.2 Å². The van der Waals surface area contributed by atoms with Gasteiger partial charge in [-0.25, -0.2) is 0 Å². The summed E-state index contributed by atoms with van der Waals surface area (Å²) in [6.45, 7) is 1.78. The van der Waals surface area contributed by atoms with E-state index >= 15 is 0 Å². The summed E-state index contributed by atoms with van der Waals surface area (Å²) >= 11 is 12.6. The van der Waals surface area contributed by atoms with E-state index in [4.69, 9.17) is 23.2 Å². The van der Waals surface area contributed by atoms with Crippen LogP contribution < -0.4 is 5.32 Å². The summed E-state index contributed by atoms with van der Waals surface area (Å²) in [5, 5.41) is 2.39. The lowest BCUT2D eigenvalue weighted by atomic mass is 10.3. The molecule has 1 heterocycles. The monoisotopic (exact) mass is 281 g/mol. The van der Waals surface area contributed by atoms with Crippen molar-refractivity contribution in [2.75, 3.05) is 13.2 Å². The molecule has 0 saturated carbocycles. The highest BCUT2D eigenvalue weighted by Gasteiger charge is 2.14. The molecule has 16 heavy (non-hydrogen) atoms. The van der Waals surface area contributed by atoms with Gasteiger partial charge in [0.05, 0.1) is 16.5 Å². The van der Waals surface area contributed by atoms with E-state index in [1.54, 1.807) is 6.92 Å². The molecule has 1 amide bonds.